The van der Waals surface area contributed by atoms with Gasteiger partial charge < -0.3 is 15.1 Å². The van der Waals surface area contributed by atoms with E-state index in [1.807, 2.05) is 19.1 Å². The third-order valence-corrected chi connectivity index (χ3v) is 5.23. The van der Waals surface area contributed by atoms with Gasteiger partial charge in [-0.15, -0.1) is 0 Å². The molecule has 1 N–H and O–H groups in total. The number of fused-ring (bicyclic) bond motifs is 1. The lowest BCUT2D eigenvalue weighted by Crippen LogP contribution is -2.45. The highest BCUT2D eigenvalue weighted by molar-refractivity contribution is 7.22. The van der Waals surface area contributed by atoms with Crippen molar-refractivity contribution in [3.05, 3.63) is 23.8 Å². The molecule has 0 bridgehead atoms. The van der Waals surface area contributed by atoms with Crippen LogP contribution >= 0.6 is 11.3 Å². The van der Waals surface area contributed by atoms with E-state index in [9.17, 15) is 9.59 Å². The van der Waals surface area contributed by atoms with Gasteiger partial charge in [0.05, 0.1) is 10.2 Å². The van der Waals surface area contributed by atoms with Crippen LogP contribution in [0.2, 0.25) is 0 Å². The summed E-state index contributed by atoms with van der Waals surface area (Å²) >= 11 is 1.50. The number of amides is 3. The second kappa shape index (κ2) is 6.76. The van der Waals surface area contributed by atoms with Crippen LogP contribution in [0.5, 0.6) is 0 Å². The van der Waals surface area contributed by atoms with Gasteiger partial charge in [0.25, 0.3) is 0 Å². The summed E-state index contributed by atoms with van der Waals surface area (Å²) in [6.45, 7) is 3.28. The van der Waals surface area contributed by atoms with Gasteiger partial charge in [-0.1, -0.05) is 17.4 Å². The molecule has 1 fully saturated rings. The largest absolute Gasteiger partial charge is 0.331 e. The molecule has 24 heavy (non-hydrogen) atoms. The predicted molar refractivity (Wildman–Crippen MR) is 96.4 cm³/mol. The lowest BCUT2D eigenvalue weighted by molar-refractivity contribution is -0.121. The molecule has 0 unspecified atom stereocenters. The summed E-state index contributed by atoms with van der Waals surface area (Å²) in [5.41, 5.74) is 2.09. The number of thiazole rings is 1. The summed E-state index contributed by atoms with van der Waals surface area (Å²) in [5, 5.41) is 3.59. The van der Waals surface area contributed by atoms with E-state index in [1.165, 1.54) is 16.9 Å². The molecule has 1 saturated heterocycles. The smallest absolute Gasteiger partial charge is 0.319 e. The van der Waals surface area contributed by atoms with Gasteiger partial charge in [-0.25, -0.2) is 9.78 Å². The maximum Gasteiger partial charge on any atom is 0.319 e. The third kappa shape index (κ3) is 3.51. The van der Waals surface area contributed by atoms with Crippen LogP contribution in [0.1, 0.15) is 18.4 Å². The fourth-order valence-electron chi connectivity index (χ4n) is 2.91. The Morgan fingerprint density at radius 1 is 1.29 bits per heavy atom. The number of aromatic nitrogens is 1. The monoisotopic (exact) mass is 346 g/mol. The van der Waals surface area contributed by atoms with Gasteiger partial charge in [-0.05, 0) is 37.5 Å². The molecule has 1 aliphatic rings. The van der Waals surface area contributed by atoms with E-state index in [1.54, 1.807) is 23.9 Å². The van der Waals surface area contributed by atoms with Crippen LogP contribution in [0.4, 0.5) is 9.93 Å². The molecule has 6 nitrogen and oxygen atoms in total. The van der Waals surface area contributed by atoms with Crippen LogP contribution in [0.15, 0.2) is 18.2 Å². The molecule has 0 atom stereocenters. The molecule has 2 heterocycles. The maximum atomic E-state index is 12.5. The number of likely N-dealkylation sites (tertiary alicyclic amines) is 1. The fraction of sp³-hybridized carbons (Fsp3) is 0.471. The van der Waals surface area contributed by atoms with Gasteiger partial charge in [-0.2, -0.15) is 0 Å². The Morgan fingerprint density at radius 3 is 2.67 bits per heavy atom. The normalized spacial score (nSPS) is 15.5. The number of anilines is 1. The molecular formula is C17H22N4O2S. The van der Waals surface area contributed by atoms with Crippen LogP contribution in [-0.4, -0.2) is 53.9 Å². The molecule has 3 rings (SSSR count). The summed E-state index contributed by atoms with van der Waals surface area (Å²) in [6, 6.07) is 6.08. The van der Waals surface area contributed by atoms with Crippen molar-refractivity contribution in [3.63, 3.8) is 0 Å². The zero-order chi connectivity index (χ0) is 17.3. The van der Waals surface area contributed by atoms with E-state index in [2.05, 4.69) is 16.4 Å². The number of aryl methyl sites for hydroxylation is 1. The Hall–Kier alpha value is -2.15. The molecule has 3 amide bonds. The minimum absolute atomic E-state index is 0.00253. The van der Waals surface area contributed by atoms with E-state index < -0.39 is 0 Å². The molecule has 0 saturated carbocycles. The first-order valence-corrected chi connectivity index (χ1v) is 8.90. The average Bonchev–Trinajstić information content (AvgIpc) is 2.95. The second-order valence-electron chi connectivity index (χ2n) is 6.42. The first-order chi connectivity index (χ1) is 11.4. The van der Waals surface area contributed by atoms with Crippen molar-refractivity contribution in [2.75, 3.05) is 32.5 Å². The SMILES string of the molecule is Cc1ccc2nc(NC(=O)C3CCN(C(=O)N(C)C)CC3)sc2c1. The van der Waals surface area contributed by atoms with Crippen molar-refractivity contribution in [1.29, 1.82) is 0 Å². The Kier molecular flexibility index (Phi) is 4.71. The molecule has 0 spiro atoms. The van der Waals surface area contributed by atoms with E-state index in [0.29, 0.717) is 31.1 Å². The van der Waals surface area contributed by atoms with E-state index in [-0.39, 0.29) is 17.9 Å². The van der Waals surface area contributed by atoms with Crippen molar-refractivity contribution >= 4 is 38.6 Å². The first-order valence-electron chi connectivity index (χ1n) is 8.08. The molecule has 7 heteroatoms. The number of rotatable bonds is 2. The fourth-order valence-corrected chi connectivity index (χ4v) is 3.88. The van der Waals surface area contributed by atoms with Crippen molar-refractivity contribution in [2.24, 2.45) is 5.92 Å². The van der Waals surface area contributed by atoms with Crippen LogP contribution in [0.3, 0.4) is 0 Å². The topological polar surface area (TPSA) is 65.5 Å². The average molecular weight is 346 g/mol. The summed E-state index contributed by atoms with van der Waals surface area (Å²) in [4.78, 5) is 32.2. The Labute approximate surface area is 145 Å². The van der Waals surface area contributed by atoms with Gasteiger partial charge >= 0.3 is 6.03 Å². The van der Waals surface area contributed by atoms with Gasteiger partial charge in [0, 0.05) is 33.1 Å². The van der Waals surface area contributed by atoms with Crippen molar-refractivity contribution < 1.29 is 9.59 Å². The minimum atomic E-state index is -0.0649. The maximum absolute atomic E-state index is 12.5. The molecule has 1 aromatic heterocycles. The van der Waals surface area contributed by atoms with Crippen LogP contribution in [0, 0.1) is 12.8 Å². The van der Waals surface area contributed by atoms with Crippen LogP contribution in [0.25, 0.3) is 10.2 Å². The predicted octanol–water partition coefficient (Wildman–Crippen LogP) is 2.94. The first kappa shape index (κ1) is 16.7. The number of carbonyl (C=O) groups excluding carboxylic acids is 2. The number of piperidine rings is 1. The lowest BCUT2D eigenvalue weighted by Gasteiger charge is -2.32. The molecule has 2 aromatic rings. The number of hydrogen-bond donors (Lipinski definition) is 1. The zero-order valence-electron chi connectivity index (χ0n) is 14.2. The summed E-state index contributed by atoms with van der Waals surface area (Å²) in [5.74, 6) is -0.0623. The van der Waals surface area contributed by atoms with Crippen LogP contribution in [-0.2, 0) is 4.79 Å². The Morgan fingerprint density at radius 2 is 2.00 bits per heavy atom. The lowest BCUT2D eigenvalue weighted by atomic mass is 9.96. The molecule has 1 aliphatic heterocycles. The second-order valence-corrected chi connectivity index (χ2v) is 7.45. The van der Waals surface area contributed by atoms with Gasteiger partial charge in [0.1, 0.15) is 0 Å². The molecule has 0 aliphatic carbocycles. The number of urea groups is 1. The molecular weight excluding hydrogens is 324 g/mol. The number of carbonyl (C=O) groups is 2. The minimum Gasteiger partial charge on any atom is -0.331 e. The quantitative estimate of drug-likeness (QED) is 0.909. The van der Waals surface area contributed by atoms with Crippen molar-refractivity contribution in [2.45, 2.75) is 19.8 Å². The van der Waals surface area contributed by atoms with E-state index in [0.717, 1.165) is 10.2 Å². The standard InChI is InChI=1S/C17H22N4O2S/c1-11-4-5-13-14(10-11)24-16(18-13)19-15(22)12-6-8-21(9-7-12)17(23)20(2)3/h4-5,10,12H,6-9H2,1-3H3,(H,18,19,22). The van der Waals surface area contributed by atoms with E-state index >= 15 is 0 Å². The highest BCUT2D eigenvalue weighted by Gasteiger charge is 2.28. The molecule has 1 aromatic carbocycles. The van der Waals surface area contributed by atoms with E-state index in [4.69, 9.17) is 0 Å². The highest BCUT2D eigenvalue weighted by Crippen LogP contribution is 2.28. The van der Waals surface area contributed by atoms with Crippen molar-refractivity contribution in [3.8, 4) is 0 Å². The summed E-state index contributed by atoms with van der Waals surface area (Å²) in [6.07, 6.45) is 1.38. The van der Waals surface area contributed by atoms with Crippen molar-refractivity contribution in [1.82, 2.24) is 14.8 Å². The number of benzene rings is 1. The summed E-state index contributed by atoms with van der Waals surface area (Å²) in [7, 11) is 3.49. The van der Waals surface area contributed by atoms with Gasteiger partial charge in [-0.3, -0.25) is 4.79 Å². The molecule has 0 radical (unpaired) electrons. The summed E-state index contributed by atoms with van der Waals surface area (Å²) < 4.78 is 1.08. The Balaban J connectivity index is 1.60. The zero-order valence-corrected chi connectivity index (χ0v) is 15.0. The van der Waals surface area contributed by atoms with Crippen LogP contribution < -0.4 is 5.32 Å². The molecule has 128 valence electrons. The number of nitrogens with zero attached hydrogens (tertiary/aromatic N) is 3. The van der Waals surface area contributed by atoms with Gasteiger partial charge in [0.2, 0.25) is 5.91 Å². The third-order valence-electron chi connectivity index (χ3n) is 4.29. The number of nitrogens with one attached hydrogen (secondary N) is 1. The van der Waals surface area contributed by atoms with Gasteiger partial charge in [0.15, 0.2) is 5.13 Å². The number of hydrogen-bond acceptors (Lipinski definition) is 4. The highest BCUT2D eigenvalue weighted by atomic mass is 32.1. The Bertz CT molecular complexity index is 763.